The molecule has 1 rings (SSSR count). The third-order valence-electron chi connectivity index (χ3n) is 2.62. The highest BCUT2D eigenvalue weighted by Gasteiger charge is 2.25. The fourth-order valence-corrected chi connectivity index (χ4v) is 3.48. The fraction of sp³-hybridized carbons (Fsp3) is 0.538. The molecule has 0 aliphatic rings. The largest absolute Gasteiger partial charge is 0.492 e. The first kappa shape index (κ1) is 16.3. The molecule has 0 aliphatic carbocycles. The molecule has 0 amide bonds. The van der Waals surface area contributed by atoms with Gasteiger partial charge in [-0.3, -0.25) is 0 Å². The maximum Gasteiger partial charge on any atom is 0.209 e. The van der Waals surface area contributed by atoms with Crippen LogP contribution in [0.4, 0.5) is 0 Å². The van der Waals surface area contributed by atoms with Crippen LogP contribution in [0.1, 0.15) is 25.0 Å². The zero-order valence-electron chi connectivity index (χ0n) is 11.7. The van der Waals surface area contributed by atoms with Crippen molar-refractivity contribution in [3.63, 3.8) is 0 Å². The van der Waals surface area contributed by atoms with Crippen molar-refractivity contribution < 1.29 is 13.2 Å². The third-order valence-corrected chi connectivity index (χ3v) is 4.03. The van der Waals surface area contributed by atoms with Gasteiger partial charge in [-0.25, -0.2) is 13.6 Å². The van der Waals surface area contributed by atoms with Crippen LogP contribution in [0.25, 0.3) is 0 Å². The molecule has 0 unspecified atom stereocenters. The Morgan fingerprint density at radius 2 is 1.74 bits per heavy atom. The Balaban J connectivity index is 2.83. The smallest absolute Gasteiger partial charge is 0.209 e. The summed E-state index contributed by atoms with van der Waals surface area (Å²) in [7, 11) is -3.51. The molecule has 19 heavy (non-hydrogen) atoms. The molecular formula is C13H20ClNO3S. The van der Waals surface area contributed by atoms with E-state index < -0.39 is 15.4 Å². The number of rotatable bonds is 5. The second-order valence-corrected chi connectivity index (χ2v) is 7.68. The van der Waals surface area contributed by atoms with Crippen molar-refractivity contribution in [1.29, 1.82) is 0 Å². The van der Waals surface area contributed by atoms with Crippen LogP contribution in [-0.4, -0.2) is 20.8 Å². The van der Waals surface area contributed by atoms with E-state index in [1.807, 2.05) is 26.0 Å². The average molecular weight is 306 g/mol. The maximum atomic E-state index is 11.1. The number of nitrogens with two attached hydrogens (primary N) is 1. The summed E-state index contributed by atoms with van der Waals surface area (Å²) in [4.78, 5) is 0. The zero-order valence-corrected chi connectivity index (χ0v) is 13.2. The van der Waals surface area contributed by atoms with Gasteiger partial charge in [-0.05, 0) is 37.1 Å². The SMILES string of the molecule is Cc1cc(Cl)cc(C)c1OCC(C)(C)CS(N)(=O)=O. The molecule has 2 N–H and O–H groups in total. The third kappa shape index (κ3) is 5.38. The molecule has 0 atom stereocenters. The van der Waals surface area contributed by atoms with Crippen molar-refractivity contribution in [2.75, 3.05) is 12.4 Å². The van der Waals surface area contributed by atoms with Crippen LogP contribution >= 0.6 is 11.6 Å². The van der Waals surface area contributed by atoms with Crippen LogP contribution in [0.5, 0.6) is 5.75 Å². The minimum absolute atomic E-state index is 0.119. The van der Waals surface area contributed by atoms with Crippen molar-refractivity contribution in [3.8, 4) is 5.75 Å². The predicted octanol–water partition coefficient (Wildman–Crippen LogP) is 2.65. The lowest BCUT2D eigenvalue weighted by molar-refractivity contribution is 0.198. The topological polar surface area (TPSA) is 69.4 Å². The Hall–Kier alpha value is -0.780. The van der Waals surface area contributed by atoms with Gasteiger partial charge in [0.25, 0.3) is 0 Å². The zero-order chi connectivity index (χ0) is 14.8. The van der Waals surface area contributed by atoms with E-state index >= 15 is 0 Å². The van der Waals surface area contributed by atoms with Crippen LogP contribution in [0.15, 0.2) is 12.1 Å². The fourth-order valence-electron chi connectivity index (χ4n) is 1.98. The Labute approximate surface area is 120 Å². The van der Waals surface area contributed by atoms with E-state index in [9.17, 15) is 8.42 Å². The number of ether oxygens (including phenoxy) is 1. The van der Waals surface area contributed by atoms with Gasteiger partial charge in [-0.1, -0.05) is 25.4 Å². The second kappa shape index (κ2) is 5.69. The van der Waals surface area contributed by atoms with E-state index in [0.29, 0.717) is 5.02 Å². The molecule has 6 heteroatoms. The Bertz CT molecular complexity index is 544. The van der Waals surface area contributed by atoms with E-state index in [2.05, 4.69) is 0 Å². The highest BCUT2D eigenvalue weighted by atomic mass is 35.5. The van der Waals surface area contributed by atoms with Gasteiger partial charge in [0, 0.05) is 10.4 Å². The quantitative estimate of drug-likeness (QED) is 0.909. The van der Waals surface area contributed by atoms with Crippen molar-refractivity contribution in [2.24, 2.45) is 10.6 Å². The number of sulfonamides is 1. The maximum absolute atomic E-state index is 11.1. The number of benzene rings is 1. The van der Waals surface area contributed by atoms with Gasteiger partial charge in [-0.2, -0.15) is 0 Å². The van der Waals surface area contributed by atoms with Gasteiger partial charge in [0.2, 0.25) is 10.0 Å². The molecule has 0 fully saturated rings. The first-order valence-electron chi connectivity index (χ1n) is 5.90. The van der Waals surface area contributed by atoms with Crippen LogP contribution in [0.2, 0.25) is 5.02 Å². The Morgan fingerprint density at radius 3 is 2.16 bits per heavy atom. The van der Waals surface area contributed by atoms with Crippen molar-refractivity contribution in [2.45, 2.75) is 27.7 Å². The summed E-state index contributed by atoms with van der Waals surface area (Å²) in [5, 5.41) is 5.73. The minimum atomic E-state index is -3.51. The number of primary sulfonamides is 1. The summed E-state index contributed by atoms with van der Waals surface area (Å²) < 4.78 is 28.0. The molecule has 0 aliphatic heterocycles. The first-order valence-corrected chi connectivity index (χ1v) is 7.99. The number of hydrogen-bond acceptors (Lipinski definition) is 3. The van der Waals surface area contributed by atoms with E-state index in [1.165, 1.54) is 0 Å². The number of halogens is 1. The van der Waals surface area contributed by atoms with Crippen molar-refractivity contribution >= 4 is 21.6 Å². The molecule has 0 aromatic heterocycles. The van der Waals surface area contributed by atoms with E-state index in [1.54, 1.807) is 13.8 Å². The minimum Gasteiger partial charge on any atom is -0.492 e. The molecular weight excluding hydrogens is 286 g/mol. The Morgan fingerprint density at radius 1 is 1.26 bits per heavy atom. The summed E-state index contributed by atoms with van der Waals surface area (Å²) >= 11 is 5.95. The molecule has 0 spiro atoms. The number of hydrogen-bond donors (Lipinski definition) is 1. The normalized spacial score (nSPS) is 12.5. The summed E-state index contributed by atoms with van der Waals surface area (Å²) in [5.74, 6) is 0.623. The van der Waals surface area contributed by atoms with Crippen LogP contribution < -0.4 is 9.88 Å². The molecule has 0 heterocycles. The molecule has 108 valence electrons. The van der Waals surface area contributed by atoms with Crippen molar-refractivity contribution in [3.05, 3.63) is 28.3 Å². The van der Waals surface area contributed by atoms with Gasteiger partial charge in [0.1, 0.15) is 5.75 Å². The molecule has 1 aromatic carbocycles. The van der Waals surface area contributed by atoms with E-state index in [-0.39, 0.29) is 12.4 Å². The molecule has 4 nitrogen and oxygen atoms in total. The summed E-state index contributed by atoms with van der Waals surface area (Å²) in [5.41, 5.74) is 1.30. The van der Waals surface area contributed by atoms with Crippen LogP contribution in [-0.2, 0) is 10.0 Å². The summed E-state index contributed by atoms with van der Waals surface area (Å²) in [6.07, 6.45) is 0. The molecule has 0 bridgehead atoms. The van der Waals surface area contributed by atoms with E-state index in [0.717, 1.165) is 16.9 Å². The second-order valence-electron chi connectivity index (χ2n) is 5.63. The van der Waals surface area contributed by atoms with Gasteiger partial charge in [0.05, 0.1) is 12.4 Å². The van der Waals surface area contributed by atoms with Crippen LogP contribution in [0, 0.1) is 19.3 Å². The van der Waals surface area contributed by atoms with Crippen LogP contribution in [0.3, 0.4) is 0 Å². The highest BCUT2D eigenvalue weighted by molar-refractivity contribution is 7.89. The molecule has 0 saturated heterocycles. The lowest BCUT2D eigenvalue weighted by Crippen LogP contribution is -2.33. The van der Waals surface area contributed by atoms with Gasteiger partial charge in [-0.15, -0.1) is 0 Å². The average Bonchev–Trinajstić information content (AvgIpc) is 2.10. The van der Waals surface area contributed by atoms with Gasteiger partial charge in [0.15, 0.2) is 0 Å². The van der Waals surface area contributed by atoms with Crippen molar-refractivity contribution in [1.82, 2.24) is 0 Å². The lowest BCUT2D eigenvalue weighted by atomic mass is 9.98. The highest BCUT2D eigenvalue weighted by Crippen LogP contribution is 2.29. The molecule has 0 radical (unpaired) electrons. The standard InChI is InChI=1S/C13H20ClNO3S/c1-9-5-11(14)6-10(2)12(9)18-7-13(3,4)8-19(15,16)17/h5-6H,7-8H2,1-4H3,(H2,15,16,17). The predicted molar refractivity (Wildman–Crippen MR) is 78.2 cm³/mol. The van der Waals surface area contributed by atoms with E-state index in [4.69, 9.17) is 21.5 Å². The number of aryl methyl sites for hydroxylation is 2. The Kier molecular flexibility index (Phi) is 4.87. The molecule has 1 aromatic rings. The first-order chi connectivity index (χ1) is 8.50. The monoisotopic (exact) mass is 305 g/mol. The van der Waals surface area contributed by atoms with Gasteiger partial charge >= 0.3 is 0 Å². The summed E-state index contributed by atoms with van der Waals surface area (Å²) in [6.45, 7) is 7.69. The van der Waals surface area contributed by atoms with Gasteiger partial charge < -0.3 is 4.74 Å². The molecule has 0 saturated carbocycles. The lowest BCUT2D eigenvalue weighted by Gasteiger charge is -2.24. The summed E-state index contributed by atoms with van der Waals surface area (Å²) in [6, 6.07) is 3.63.